The van der Waals surface area contributed by atoms with Gasteiger partial charge in [0.1, 0.15) is 6.23 Å². The van der Waals surface area contributed by atoms with Crippen molar-refractivity contribution in [1.29, 1.82) is 0 Å². The van der Waals surface area contributed by atoms with E-state index in [1.165, 1.54) is 18.2 Å². The molecule has 0 aromatic heterocycles. The van der Waals surface area contributed by atoms with Crippen LogP contribution in [0.2, 0.25) is 0 Å². The van der Waals surface area contributed by atoms with Crippen molar-refractivity contribution < 1.29 is 14.3 Å². The highest BCUT2D eigenvalue weighted by Crippen LogP contribution is 2.21. The number of amides is 2. The number of hydrogen-bond acceptors (Lipinski definition) is 4. The van der Waals surface area contributed by atoms with E-state index in [-0.39, 0.29) is 6.23 Å². The largest absolute Gasteiger partial charge is 0.366 e. The predicted octanol–water partition coefficient (Wildman–Crippen LogP) is 0.823. The molecule has 1 aliphatic heterocycles. The molecular weight excluding hydrogens is 246 g/mol. The van der Waals surface area contributed by atoms with Gasteiger partial charge in [-0.3, -0.25) is 9.59 Å². The summed E-state index contributed by atoms with van der Waals surface area (Å²) in [7, 11) is 0. The van der Waals surface area contributed by atoms with Crippen LogP contribution >= 0.6 is 0 Å². The predicted molar refractivity (Wildman–Crippen MR) is 70.7 cm³/mol. The Morgan fingerprint density at radius 2 is 2.00 bits per heavy atom. The highest BCUT2D eigenvalue weighted by atomic mass is 16.5. The summed E-state index contributed by atoms with van der Waals surface area (Å²) in [5, 5.41) is 3.10. The number of carbonyl (C=O) groups is 2. The Kier molecular flexibility index (Phi) is 4.01. The molecule has 0 saturated carbocycles. The van der Waals surface area contributed by atoms with E-state index < -0.39 is 11.8 Å². The third-order valence-corrected chi connectivity index (χ3v) is 3.07. The number of hydrogen-bond donors (Lipinski definition) is 3. The lowest BCUT2D eigenvalue weighted by atomic mass is 10.1. The zero-order valence-electron chi connectivity index (χ0n) is 10.5. The van der Waals surface area contributed by atoms with Crippen molar-refractivity contribution in [3.8, 4) is 0 Å². The molecule has 1 heterocycles. The Labute approximate surface area is 111 Å². The van der Waals surface area contributed by atoms with Crippen molar-refractivity contribution in [2.75, 3.05) is 11.9 Å². The van der Waals surface area contributed by atoms with Gasteiger partial charge >= 0.3 is 0 Å². The zero-order valence-corrected chi connectivity index (χ0v) is 10.5. The fourth-order valence-electron chi connectivity index (χ4n) is 2.06. The van der Waals surface area contributed by atoms with Crippen LogP contribution < -0.4 is 16.8 Å². The Hall–Kier alpha value is -2.08. The minimum Gasteiger partial charge on any atom is -0.366 e. The van der Waals surface area contributed by atoms with Gasteiger partial charge in [-0.1, -0.05) is 0 Å². The van der Waals surface area contributed by atoms with Gasteiger partial charge in [0.2, 0.25) is 5.91 Å². The van der Waals surface area contributed by atoms with Gasteiger partial charge in [0, 0.05) is 17.9 Å². The third-order valence-electron chi connectivity index (χ3n) is 3.07. The number of benzene rings is 1. The first-order valence-electron chi connectivity index (χ1n) is 6.19. The molecule has 1 aliphatic rings. The van der Waals surface area contributed by atoms with Crippen LogP contribution in [0, 0.1) is 0 Å². The van der Waals surface area contributed by atoms with Crippen molar-refractivity contribution in [2.45, 2.75) is 25.5 Å². The molecule has 0 radical (unpaired) electrons. The number of nitrogens with one attached hydrogen (secondary N) is 1. The minimum absolute atomic E-state index is 0.171. The van der Waals surface area contributed by atoms with E-state index in [4.69, 9.17) is 16.2 Å². The molecule has 0 bridgehead atoms. The van der Waals surface area contributed by atoms with Gasteiger partial charge in [0.05, 0.1) is 5.56 Å². The molecule has 102 valence electrons. The number of anilines is 1. The molecular formula is C13H17N3O3. The monoisotopic (exact) mass is 263 g/mol. The number of carbonyl (C=O) groups excluding carboxylic acids is 2. The normalized spacial score (nSPS) is 18.8. The average molecular weight is 263 g/mol. The molecule has 0 aliphatic carbocycles. The van der Waals surface area contributed by atoms with Crippen LogP contribution in [0.5, 0.6) is 0 Å². The van der Waals surface area contributed by atoms with E-state index in [9.17, 15) is 9.59 Å². The molecule has 6 nitrogen and oxygen atoms in total. The van der Waals surface area contributed by atoms with Crippen LogP contribution in [0.25, 0.3) is 0 Å². The van der Waals surface area contributed by atoms with Gasteiger partial charge in [-0.15, -0.1) is 0 Å². The zero-order chi connectivity index (χ0) is 13.8. The molecule has 2 rings (SSSR count). The molecule has 1 aromatic carbocycles. The fourth-order valence-corrected chi connectivity index (χ4v) is 2.06. The first-order valence-corrected chi connectivity index (χ1v) is 6.19. The van der Waals surface area contributed by atoms with Crippen LogP contribution in [-0.4, -0.2) is 24.6 Å². The van der Waals surface area contributed by atoms with E-state index in [2.05, 4.69) is 5.32 Å². The van der Waals surface area contributed by atoms with Crippen molar-refractivity contribution >= 4 is 17.5 Å². The molecule has 1 atom stereocenters. The highest BCUT2D eigenvalue weighted by Gasteiger charge is 2.17. The van der Waals surface area contributed by atoms with Crippen LogP contribution in [0.4, 0.5) is 5.69 Å². The van der Waals surface area contributed by atoms with Gasteiger partial charge in [-0.05, 0) is 37.5 Å². The van der Waals surface area contributed by atoms with Crippen LogP contribution in [-0.2, 0) is 4.74 Å². The Balaban J connectivity index is 2.26. The summed E-state index contributed by atoms with van der Waals surface area (Å²) >= 11 is 0. The lowest BCUT2D eigenvalue weighted by molar-refractivity contribution is 0.0343. The van der Waals surface area contributed by atoms with Gasteiger partial charge in [-0.25, -0.2) is 0 Å². The summed E-state index contributed by atoms with van der Waals surface area (Å²) in [5.74, 6) is -1.11. The van der Waals surface area contributed by atoms with Crippen LogP contribution in [0.15, 0.2) is 18.2 Å². The maximum atomic E-state index is 11.4. The molecule has 1 saturated heterocycles. The minimum atomic E-state index is -0.561. The number of primary amides is 2. The van der Waals surface area contributed by atoms with Crippen molar-refractivity contribution in [2.24, 2.45) is 11.5 Å². The van der Waals surface area contributed by atoms with E-state index >= 15 is 0 Å². The highest BCUT2D eigenvalue weighted by molar-refractivity contribution is 6.01. The topological polar surface area (TPSA) is 107 Å². The van der Waals surface area contributed by atoms with Crippen molar-refractivity contribution in [3.05, 3.63) is 29.3 Å². The second-order valence-corrected chi connectivity index (χ2v) is 4.49. The van der Waals surface area contributed by atoms with Crippen LogP contribution in [0.1, 0.15) is 40.0 Å². The van der Waals surface area contributed by atoms with Crippen LogP contribution in [0.3, 0.4) is 0 Å². The SMILES string of the molecule is NC(=O)c1ccc(C(N)=O)c(NC2CCCCO2)c1. The third kappa shape index (κ3) is 3.23. The molecule has 19 heavy (non-hydrogen) atoms. The van der Waals surface area contributed by atoms with Gasteiger partial charge in [-0.2, -0.15) is 0 Å². The quantitative estimate of drug-likeness (QED) is 0.747. The van der Waals surface area contributed by atoms with Gasteiger partial charge < -0.3 is 21.5 Å². The standard InChI is InChI=1S/C13H17N3O3/c14-12(17)8-4-5-9(13(15)18)10(7-8)16-11-3-1-2-6-19-11/h4-5,7,11,16H,1-3,6H2,(H2,14,17)(H2,15,18). The molecule has 6 heteroatoms. The fraction of sp³-hybridized carbons (Fsp3) is 0.385. The second-order valence-electron chi connectivity index (χ2n) is 4.49. The Bertz CT molecular complexity index is 496. The van der Waals surface area contributed by atoms with E-state index in [1.54, 1.807) is 0 Å². The maximum Gasteiger partial charge on any atom is 0.250 e. The van der Waals surface area contributed by atoms with E-state index in [0.717, 1.165) is 19.3 Å². The maximum absolute atomic E-state index is 11.4. The summed E-state index contributed by atoms with van der Waals surface area (Å²) in [6.07, 6.45) is 2.76. The summed E-state index contributed by atoms with van der Waals surface area (Å²) in [6, 6.07) is 4.50. The summed E-state index contributed by atoms with van der Waals surface area (Å²) in [4.78, 5) is 22.5. The molecule has 1 unspecified atom stereocenters. The first kappa shape index (κ1) is 13.4. The van der Waals surface area contributed by atoms with E-state index in [1.807, 2.05) is 0 Å². The number of rotatable bonds is 4. The Morgan fingerprint density at radius 3 is 2.58 bits per heavy atom. The molecule has 2 amide bonds. The number of nitrogens with two attached hydrogens (primary N) is 2. The lowest BCUT2D eigenvalue weighted by Gasteiger charge is -2.25. The summed E-state index contributed by atoms with van der Waals surface area (Å²) < 4.78 is 5.54. The number of ether oxygens (including phenoxy) is 1. The van der Waals surface area contributed by atoms with E-state index in [0.29, 0.717) is 23.4 Å². The molecule has 1 aromatic rings. The second kappa shape index (κ2) is 5.71. The Morgan fingerprint density at radius 1 is 1.21 bits per heavy atom. The summed E-state index contributed by atoms with van der Waals surface area (Å²) in [5.41, 5.74) is 11.7. The lowest BCUT2D eigenvalue weighted by Crippen LogP contribution is -2.29. The van der Waals surface area contributed by atoms with Gasteiger partial charge in [0.25, 0.3) is 5.91 Å². The first-order chi connectivity index (χ1) is 9.08. The van der Waals surface area contributed by atoms with Gasteiger partial charge in [0.15, 0.2) is 0 Å². The molecule has 0 spiro atoms. The molecule has 1 fully saturated rings. The smallest absolute Gasteiger partial charge is 0.250 e. The van der Waals surface area contributed by atoms with Crippen molar-refractivity contribution in [3.63, 3.8) is 0 Å². The summed E-state index contributed by atoms with van der Waals surface area (Å²) in [6.45, 7) is 0.680. The average Bonchev–Trinajstić information content (AvgIpc) is 2.39. The molecule has 5 N–H and O–H groups in total. The van der Waals surface area contributed by atoms with Crippen molar-refractivity contribution in [1.82, 2.24) is 0 Å².